The van der Waals surface area contributed by atoms with E-state index in [0.29, 0.717) is 0 Å². The summed E-state index contributed by atoms with van der Waals surface area (Å²) in [4.78, 5) is 20.7. The Kier molecular flexibility index (Phi) is 4.32. The monoisotopic (exact) mass is 225 g/mol. The fourth-order valence-corrected chi connectivity index (χ4v) is 0.814. The highest BCUT2D eigenvalue weighted by atomic mass is 19.4. The molecule has 7 heteroatoms. The van der Waals surface area contributed by atoms with Gasteiger partial charge in [-0.1, -0.05) is 6.58 Å². The zero-order valence-electron chi connectivity index (χ0n) is 7.89. The Balaban J connectivity index is 4.16. The summed E-state index contributed by atoms with van der Waals surface area (Å²) in [6, 6.07) is -0.928. The van der Waals surface area contributed by atoms with E-state index in [-0.39, 0.29) is 12.0 Å². The van der Waals surface area contributed by atoms with E-state index in [1.807, 2.05) is 0 Å². The summed E-state index contributed by atoms with van der Waals surface area (Å²) in [5.41, 5.74) is -0.259. The standard InChI is InChI=1S/C8H10F3NO3/c1-4(6(13)14)3-5(2)12-7(15)8(9,10)11/h5H,1,3H2,2H3,(H,12,15)(H,13,14)/t5-/m1/s1. The van der Waals surface area contributed by atoms with Crippen LogP contribution in [-0.2, 0) is 9.59 Å². The third-order valence-corrected chi connectivity index (χ3v) is 1.49. The van der Waals surface area contributed by atoms with E-state index in [0.717, 1.165) is 0 Å². The number of aliphatic carboxylic acids is 1. The molecular weight excluding hydrogens is 215 g/mol. The number of amides is 1. The van der Waals surface area contributed by atoms with E-state index >= 15 is 0 Å². The number of rotatable bonds is 4. The van der Waals surface area contributed by atoms with Crippen LogP contribution in [0.2, 0.25) is 0 Å². The number of carboxylic acids is 1. The minimum absolute atomic E-state index is 0.239. The van der Waals surface area contributed by atoms with E-state index in [4.69, 9.17) is 5.11 Å². The maximum Gasteiger partial charge on any atom is 0.471 e. The molecule has 0 aromatic heterocycles. The molecule has 0 aromatic carbocycles. The lowest BCUT2D eigenvalue weighted by Gasteiger charge is -2.14. The van der Waals surface area contributed by atoms with Crippen LogP contribution in [0, 0.1) is 0 Å². The van der Waals surface area contributed by atoms with Crippen LogP contribution in [0.5, 0.6) is 0 Å². The molecule has 0 rings (SSSR count). The highest BCUT2D eigenvalue weighted by Crippen LogP contribution is 2.15. The molecule has 0 fully saturated rings. The second-order valence-electron chi connectivity index (χ2n) is 2.99. The Bertz CT molecular complexity index is 285. The molecule has 0 spiro atoms. The van der Waals surface area contributed by atoms with Crippen molar-refractivity contribution in [2.75, 3.05) is 0 Å². The maximum absolute atomic E-state index is 11.8. The van der Waals surface area contributed by atoms with Crippen molar-refractivity contribution in [3.05, 3.63) is 12.2 Å². The van der Waals surface area contributed by atoms with Gasteiger partial charge in [0.15, 0.2) is 0 Å². The molecule has 0 saturated heterocycles. The summed E-state index contributed by atoms with van der Waals surface area (Å²) in [5, 5.41) is 10.0. The Morgan fingerprint density at radius 3 is 2.27 bits per heavy atom. The van der Waals surface area contributed by atoms with Crippen molar-refractivity contribution in [2.45, 2.75) is 25.6 Å². The van der Waals surface area contributed by atoms with Crippen LogP contribution in [0.1, 0.15) is 13.3 Å². The van der Waals surface area contributed by atoms with Crippen LogP contribution >= 0.6 is 0 Å². The predicted octanol–water partition coefficient (Wildman–Crippen LogP) is 1.08. The molecule has 86 valence electrons. The summed E-state index contributed by atoms with van der Waals surface area (Å²) >= 11 is 0. The topological polar surface area (TPSA) is 66.4 Å². The third-order valence-electron chi connectivity index (χ3n) is 1.49. The molecule has 0 aromatic rings. The lowest BCUT2D eigenvalue weighted by atomic mass is 10.1. The second kappa shape index (κ2) is 4.81. The summed E-state index contributed by atoms with van der Waals surface area (Å²) in [6.45, 7) is 4.39. The molecule has 0 aliphatic rings. The molecule has 0 radical (unpaired) electrons. The van der Waals surface area contributed by atoms with Gasteiger partial charge in [-0.25, -0.2) is 4.79 Å². The van der Waals surface area contributed by atoms with Crippen molar-refractivity contribution in [3.8, 4) is 0 Å². The van der Waals surface area contributed by atoms with E-state index in [1.165, 1.54) is 6.92 Å². The van der Waals surface area contributed by atoms with E-state index in [2.05, 4.69) is 6.58 Å². The first-order chi connectivity index (χ1) is 6.64. The fourth-order valence-electron chi connectivity index (χ4n) is 0.814. The summed E-state index contributed by atoms with van der Waals surface area (Å²) in [6.07, 6.45) is -5.20. The first-order valence-corrected chi connectivity index (χ1v) is 3.93. The Morgan fingerprint density at radius 1 is 1.47 bits per heavy atom. The number of carbonyl (C=O) groups excluding carboxylic acids is 1. The van der Waals surface area contributed by atoms with E-state index < -0.39 is 24.1 Å². The lowest BCUT2D eigenvalue weighted by molar-refractivity contribution is -0.174. The van der Waals surface area contributed by atoms with Crippen molar-refractivity contribution >= 4 is 11.9 Å². The van der Waals surface area contributed by atoms with Crippen LogP contribution in [-0.4, -0.2) is 29.2 Å². The van der Waals surface area contributed by atoms with Gasteiger partial charge in [0.1, 0.15) is 0 Å². The largest absolute Gasteiger partial charge is 0.478 e. The molecule has 2 N–H and O–H groups in total. The third kappa shape index (κ3) is 5.04. The molecule has 0 unspecified atom stereocenters. The van der Waals surface area contributed by atoms with Crippen LogP contribution < -0.4 is 5.32 Å². The highest BCUT2D eigenvalue weighted by molar-refractivity contribution is 5.86. The second-order valence-corrected chi connectivity index (χ2v) is 2.99. The predicted molar refractivity (Wildman–Crippen MR) is 45.1 cm³/mol. The fraction of sp³-hybridized carbons (Fsp3) is 0.500. The zero-order chi connectivity index (χ0) is 12.2. The minimum Gasteiger partial charge on any atom is -0.478 e. The van der Waals surface area contributed by atoms with Gasteiger partial charge in [0.2, 0.25) is 0 Å². The Morgan fingerprint density at radius 2 is 1.93 bits per heavy atom. The van der Waals surface area contributed by atoms with Crippen molar-refractivity contribution in [1.29, 1.82) is 0 Å². The van der Waals surface area contributed by atoms with Crippen LogP contribution in [0.25, 0.3) is 0 Å². The number of halogens is 3. The number of nitrogens with one attached hydrogen (secondary N) is 1. The number of hydrogen-bond acceptors (Lipinski definition) is 2. The molecule has 1 amide bonds. The maximum atomic E-state index is 11.8. The lowest BCUT2D eigenvalue weighted by Crippen LogP contribution is -2.42. The summed E-state index contributed by atoms with van der Waals surface area (Å²) in [5.74, 6) is -3.39. The molecule has 0 bridgehead atoms. The first kappa shape index (κ1) is 13.5. The number of carboxylic acid groups (broad SMARTS) is 1. The molecule has 0 heterocycles. The van der Waals surface area contributed by atoms with Gasteiger partial charge >= 0.3 is 18.1 Å². The normalized spacial score (nSPS) is 13.1. The average molecular weight is 225 g/mol. The number of alkyl halides is 3. The first-order valence-electron chi connectivity index (χ1n) is 3.93. The number of carbonyl (C=O) groups is 2. The average Bonchev–Trinajstić information content (AvgIpc) is 2.01. The molecule has 15 heavy (non-hydrogen) atoms. The minimum atomic E-state index is -4.96. The van der Waals surface area contributed by atoms with Crippen molar-refractivity contribution in [2.24, 2.45) is 0 Å². The van der Waals surface area contributed by atoms with Gasteiger partial charge < -0.3 is 10.4 Å². The van der Waals surface area contributed by atoms with Crippen LogP contribution in [0.4, 0.5) is 13.2 Å². The van der Waals surface area contributed by atoms with Crippen molar-refractivity contribution < 1.29 is 27.9 Å². The molecule has 0 saturated carbocycles. The van der Waals surface area contributed by atoms with Gasteiger partial charge in [0.25, 0.3) is 0 Å². The molecule has 1 atom stereocenters. The van der Waals surface area contributed by atoms with Crippen molar-refractivity contribution in [3.63, 3.8) is 0 Å². The molecular formula is C8H10F3NO3. The highest BCUT2D eigenvalue weighted by Gasteiger charge is 2.39. The van der Waals surface area contributed by atoms with Gasteiger partial charge in [0.05, 0.1) is 0 Å². The summed E-state index contributed by atoms with van der Waals surface area (Å²) < 4.78 is 35.3. The van der Waals surface area contributed by atoms with Gasteiger partial charge in [-0.05, 0) is 13.3 Å². The van der Waals surface area contributed by atoms with Crippen LogP contribution in [0.15, 0.2) is 12.2 Å². The molecule has 0 aliphatic heterocycles. The Hall–Kier alpha value is -1.53. The van der Waals surface area contributed by atoms with Gasteiger partial charge in [0, 0.05) is 11.6 Å². The molecule has 0 aliphatic carbocycles. The SMILES string of the molecule is C=C(C[C@@H](C)NC(=O)C(F)(F)F)C(=O)O. The Labute approximate surface area is 83.8 Å². The smallest absolute Gasteiger partial charge is 0.471 e. The van der Waals surface area contributed by atoms with E-state index in [1.54, 1.807) is 5.32 Å². The van der Waals surface area contributed by atoms with Gasteiger partial charge in [-0.15, -0.1) is 0 Å². The van der Waals surface area contributed by atoms with Crippen LogP contribution in [0.3, 0.4) is 0 Å². The van der Waals surface area contributed by atoms with Gasteiger partial charge in [-0.2, -0.15) is 13.2 Å². The van der Waals surface area contributed by atoms with Gasteiger partial charge in [-0.3, -0.25) is 4.79 Å². The quantitative estimate of drug-likeness (QED) is 0.703. The van der Waals surface area contributed by atoms with Crippen molar-refractivity contribution in [1.82, 2.24) is 5.32 Å². The molecule has 4 nitrogen and oxygen atoms in total. The summed E-state index contributed by atoms with van der Waals surface area (Å²) in [7, 11) is 0. The number of hydrogen-bond donors (Lipinski definition) is 2. The van der Waals surface area contributed by atoms with E-state index in [9.17, 15) is 22.8 Å². The zero-order valence-corrected chi connectivity index (χ0v) is 7.89.